The van der Waals surface area contributed by atoms with Crippen LogP contribution in [0, 0.1) is 12.8 Å². The van der Waals surface area contributed by atoms with Crippen LogP contribution in [0.1, 0.15) is 25.3 Å². The molecule has 0 radical (unpaired) electrons. The van der Waals surface area contributed by atoms with Crippen LogP contribution in [0.3, 0.4) is 0 Å². The van der Waals surface area contributed by atoms with E-state index in [1.165, 1.54) is 10.4 Å². The maximum absolute atomic E-state index is 5.78. The summed E-state index contributed by atoms with van der Waals surface area (Å²) in [7, 11) is 0. The fraction of sp³-hybridized carbons (Fsp3) is 0.500. The highest BCUT2D eigenvalue weighted by atomic mass is 32.1. The summed E-state index contributed by atoms with van der Waals surface area (Å²) >= 11 is 1.70. The highest BCUT2D eigenvalue weighted by Crippen LogP contribution is 2.29. The number of hydrogen-bond acceptors (Lipinski definition) is 4. The first kappa shape index (κ1) is 13.3. The van der Waals surface area contributed by atoms with Gasteiger partial charge in [-0.25, -0.2) is 4.98 Å². The lowest BCUT2D eigenvalue weighted by atomic mass is 10.2. The van der Waals surface area contributed by atoms with E-state index in [0.29, 0.717) is 5.92 Å². The Hall–Kier alpha value is -1.13. The van der Waals surface area contributed by atoms with Crippen molar-refractivity contribution < 1.29 is 4.42 Å². The second-order valence-corrected chi connectivity index (χ2v) is 5.82. The predicted octanol–water partition coefficient (Wildman–Crippen LogP) is 3.50. The molecule has 4 heteroatoms. The number of nitrogens with zero attached hydrogens (tertiary/aromatic N) is 1. The van der Waals surface area contributed by atoms with Crippen molar-refractivity contribution in [1.29, 1.82) is 0 Å². The molecule has 2 aromatic heterocycles. The summed E-state index contributed by atoms with van der Waals surface area (Å²) in [6, 6.07) is 2.10. The van der Waals surface area contributed by atoms with Gasteiger partial charge in [0.05, 0.1) is 11.1 Å². The Kier molecular flexibility index (Phi) is 4.55. The van der Waals surface area contributed by atoms with Crippen molar-refractivity contribution >= 4 is 11.3 Å². The molecule has 0 saturated heterocycles. The predicted molar refractivity (Wildman–Crippen MR) is 76.0 cm³/mol. The monoisotopic (exact) mass is 264 g/mol. The lowest BCUT2D eigenvalue weighted by Gasteiger charge is -2.05. The second-order valence-electron chi connectivity index (χ2n) is 4.90. The van der Waals surface area contributed by atoms with Gasteiger partial charge in [0.1, 0.15) is 0 Å². The van der Waals surface area contributed by atoms with Crippen LogP contribution in [0.15, 0.2) is 22.1 Å². The molecule has 2 rings (SSSR count). The Balaban J connectivity index is 1.89. The highest BCUT2D eigenvalue weighted by Gasteiger charge is 2.09. The summed E-state index contributed by atoms with van der Waals surface area (Å²) in [5, 5.41) is 5.47. The van der Waals surface area contributed by atoms with Gasteiger partial charge in [0.15, 0.2) is 11.7 Å². The molecular weight excluding hydrogens is 244 g/mol. The van der Waals surface area contributed by atoms with Crippen LogP contribution in [0.5, 0.6) is 0 Å². The van der Waals surface area contributed by atoms with Gasteiger partial charge in [-0.1, -0.05) is 13.8 Å². The fourth-order valence-corrected chi connectivity index (χ4v) is 2.61. The summed E-state index contributed by atoms with van der Waals surface area (Å²) in [4.78, 5) is 5.51. The molecule has 0 aliphatic rings. The van der Waals surface area contributed by atoms with E-state index < -0.39 is 0 Å². The van der Waals surface area contributed by atoms with Gasteiger partial charge in [-0.15, -0.1) is 11.3 Å². The first-order valence-corrected chi connectivity index (χ1v) is 7.24. The van der Waals surface area contributed by atoms with Crippen LogP contribution in [0.25, 0.3) is 10.6 Å². The zero-order chi connectivity index (χ0) is 13.0. The van der Waals surface area contributed by atoms with Crippen molar-refractivity contribution in [2.45, 2.75) is 27.2 Å². The third kappa shape index (κ3) is 3.43. The van der Waals surface area contributed by atoms with Crippen molar-refractivity contribution in [1.82, 2.24) is 10.3 Å². The van der Waals surface area contributed by atoms with Crippen molar-refractivity contribution in [3.8, 4) is 10.6 Å². The van der Waals surface area contributed by atoms with Crippen molar-refractivity contribution in [3.63, 3.8) is 0 Å². The van der Waals surface area contributed by atoms with Gasteiger partial charge in [0, 0.05) is 13.0 Å². The number of oxazole rings is 1. The van der Waals surface area contributed by atoms with Gasteiger partial charge >= 0.3 is 0 Å². The quantitative estimate of drug-likeness (QED) is 0.811. The number of aromatic nitrogens is 1. The normalized spacial score (nSPS) is 11.3. The number of nitrogens with one attached hydrogen (secondary N) is 1. The minimum absolute atomic E-state index is 0.680. The number of hydrogen-bond donors (Lipinski definition) is 1. The molecule has 0 aliphatic carbocycles. The molecule has 0 unspecified atom stereocenters. The summed E-state index contributed by atoms with van der Waals surface area (Å²) in [5.74, 6) is 2.38. The Morgan fingerprint density at radius 3 is 2.94 bits per heavy atom. The molecular formula is C14H20N2OS. The SMILES string of the molecule is Cc1ccsc1-c1cnc(CCNCC(C)C)o1. The van der Waals surface area contributed by atoms with Gasteiger partial charge in [0.25, 0.3) is 0 Å². The Morgan fingerprint density at radius 2 is 2.28 bits per heavy atom. The van der Waals surface area contributed by atoms with E-state index in [0.717, 1.165) is 31.2 Å². The summed E-state index contributed by atoms with van der Waals surface area (Å²) in [6.45, 7) is 8.46. The van der Waals surface area contributed by atoms with Crippen LogP contribution in [0.2, 0.25) is 0 Å². The molecule has 1 N–H and O–H groups in total. The van der Waals surface area contributed by atoms with E-state index in [2.05, 4.69) is 42.5 Å². The number of aryl methyl sites for hydroxylation is 1. The van der Waals surface area contributed by atoms with Gasteiger partial charge in [0.2, 0.25) is 0 Å². The largest absolute Gasteiger partial charge is 0.440 e. The maximum atomic E-state index is 5.78. The molecule has 0 saturated carbocycles. The van der Waals surface area contributed by atoms with Crippen LogP contribution in [-0.2, 0) is 6.42 Å². The van der Waals surface area contributed by atoms with Crippen molar-refractivity contribution in [3.05, 3.63) is 29.1 Å². The van der Waals surface area contributed by atoms with Crippen molar-refractivity contribution in [2.75, 3.05) is 13.1 Å². The van der Waals surface area contributed by atoms with Gasteiger partial charge < -0.3 is 9.73 Å². The first-order chi connectivity index (χ1) is 8.66. The summed E-state index contributed by atoms with van der Waals surface area (Å²) in [5.41, 5.74) is 1.25. The van der Waals surface area contributed by atoms with E-state index in [9.17, 15) is 0 Å². The van der Waals surface area contributed by atoms with Gasteiger partial charge in [-0.3, -0.25) is 0 Å². The van der Waals surface area contributed by atoms with E-state index in [-0.39, 0.29) is 0 Å². The maximum Gasteiger partial charge on any atom is 0.196 e. The topological polar surface area (TPSA) is 38.1 Å². The molecule has 0 bridgehead atoms. The number of thiophene rings is 1. The highest BCUT2D eigenvalue weighted by molar-refractivity contribution is 7.13. The standard InChI is InChI=1S/C14H20N2OS/c1-10(2)8-15-6-4-13-16-9-12(17-13)14-11(3)5-7-18-14/h5,7,9-10,15H,4,6,8H2,1-3H3. The lowest BCUT2D eigenvalue weighted by molar-refractivity contribution is 0.483. The van der Waals surface area contributed by atoms with Gasteiger partial charge in [-0.2, -0.15) is 0 Å². The number of rotatable bonds is 6. The van der Waals surface area contributed by atoms with Crippen molar-refractivity contribution in [2.24, 2.45) is 5.92 Å². The zero-order valence-corrected chi connectivity index (χ0v) is 12.0. The fourth-order valence-electron chi connectivity index (χ4n) is 1.74. The lowest BCUT2D eigenvalue weighted by Crippen LogP contribution is -2.22. The van der Waals surface area contributed by atoms with Crippen LogP contribution < -0.4 is 5.32 Å². The molecule has 2 aromatic rings. The Morgan fingerprint density at radius 1 is 1.44 bits per heavy atom. The summed E-state index contributed by atoms with van der Waals surface area (Å²) < 4.78 is 5.78. The third-order valence-corrected chi connectivity index (χ3v) is 3.74. The molecule has 0 atom stereocenters. The average Bonchev–Trinajstić information content (AvgIpc) is 2.92. The zero-order valence-electron chi connectivity index (χ0n) is 11.2. The van der Waals surface area contributed by atoms with Crippen LogP contribution in [0.4, 0.5) is 0 Å². The molecule has 0 amide bonds. The molecule has 0 aromatic carbocycles. The minimum atomic E-state index is 0.680. The van der Waals surface area contributed by atoms with Crippen LogP contribution in [-0.4, -0.2) is 18.1 Å². The Labute approximate surface area is 112 Å². The molecule has 2 heterocycles. The van der Waals surface area contributed by atoms with Crippen LogP contribution >= 0.6 is 11.3 Å². The molecule has 3 nitrogen and oxygen atoms in total. The average molecular weight is 264 g/mol. The smallest absolute Gasteiger partial charge is 0.196 e. The molecule has 0 fully saturated rings. The summed E-state index contributed by atoms with van der Waals surface area (Å²) in [6.07, 6.45) is 2.67. The molecule has 0 aliphatic heterocycles. The molecule has 18 heavy (non-hydrogen) atoms. The Bertz CT molecular complexity index is 487. The van der Waals surface area contributed by atoms with E-state index in [1.807, 2.05) is 6.20 Å². The molecule has 0 spiro atoms. The van der Waals surface area contributed by atoms with E-state index in [4.69, 9.17) is 4.42 Å². The minimum Gasteiger partial charge on any atom is -0.440 e. The van der Waals surface area contributed by atoms with E-state index in [1.54, 1.807) is 11.3 Å². The third-order valence-electron chi connectivity index (χ3n) is 2.71. The molecule has 98 valence electrons. The van der Waals surface area contributed by atoms with Gasteiger partial charge in [-0.05, 0) is 36.4 Å². The second kappa shape index (κ2) is 6.16. The van der Waals surface area contributed by atoms with E-state index >= 15 is 0 Å². The first-order valence-electron chi connectivity index (χ1n) is 6.36.